The first-order valence-electron chi connectivity index (χ1n) is 8.51. The molecule has 1 atom stereocenters. The van der Waals surface area contributed by atoms with Crippen molar-refractivity contribution >= 4 is 5.97 Å². The molecule has 0 bridgehead atoms. The predicted molar refractivity (Wildman–Crippen MR) is 98.1 cm³/mol. The van der Waals surface area contributed by atoms with Gasteiger partial charge in [0.1, 0.15) is 0 Å². The minimum atomic E-state index is -0.862. The Labute approximate surface area is 144 Å². The molecule has 0 radical (unpaired) electrons. The van der Waals surface area contributed by atoms with E-state index in [9.17, 15) is 9.90 Å². The highest BCUT2D eigenvalue weighted by Crippen LogP contribution is 2.29. The number of aryl methyl sites for hydroxylation is 2. The van der Waals surface area contributed by atoms with Crippen molar-refractivity contribution in [2.75, 3.05) is 0 Å². The van der Waals surface area contributed by atoms with Crippen molar-refractivity contribution in [3.8, 4) is 0 Å². The first-order valence-corrected chi connectivity index (χ1v) is 8.51. The SMILES string of the molecule is Cc1ccc(C(C)Cc2cc(C(=O)O)cc(C(C)C)c2C)c(C)n1. The monoisotopic (exact) mass is 325 g/mol. The van der Waals surface area contributed by atoms with E-state index in [1.165, 1.54) is 11.1 Å². The Kier molecular flexibility index (Phi) is 5.43. The van der Waals surface area contributed by atoms with Crippen LogP contribution in [-0.2, 0) is 6.42 Å². The summed E-state index contributed by atoms with van der Waals surface area (Å²) in [4.78, 5) is 16.0. The Morgan fingerprint density at radius 2 is 1.75 bits per heavy atom. The third-order valence-corrected chi connectivity index (χ3v) is 4.75. The van der Waals surface area contributed by atoms with Crippen LogP contribution in [0.3, 0.4) is 0 Å². The maximum atomic E-state index is 11.5. The Balaban J connectivity index is 2.42. The van der Waals surface area contributed by atoms with Gasteiger partial charge in [0.05, 0.1) is 5.56 Å². The van der Waals surface area contributed by atoms with Crippen LogP contribution in [0.4, 0.5) is 0 Å². The number of carboxylic acid groups (broad SMARTS) is 1. The number of carboxylic acids is 1. The van der Waals surface area contributed by atoms with Crippen molar-refractivity contribution in [1.29, 1.82) is 0 Å². The van der Waals surface area contributed by atoms with Crippen molar-refractivity contribution in [3.63, 3.8) is 0 Å². The van der Waals surface area contributed by atoms with Crippen molar-refractivity contribution in [2.24, 2.45) is 0 Å². The molecular weight excluding hydrogens is 298 g/mol. The normalized spacial score (nSPS) is 12.5. The summed E-state index contributed by atoms with van der Waals surface area (Å²) in [5, 5.41) is 9.42. The summed E-state index contributed by atoms with van der Waals surface area (Å²) >= 11 is 0. The molecule has 0 fully saturated rings. The van der Waals surface area contributed by atoms with Gasteiger partial charge in [0.2, 0.25) is 0 Å². The maximum absolute atomic E-state index is 11.5. The first-order chi connectivity index (χ1) is 11.2. The van der Waals surface area contributed by atoms with Crippen LogP contribution in [0, 0.1) is 20.8 Å². The average molecular weight is 325 g/mol. The van der Waals surface area contributed by atoms with Gasteiger partial charge in [-0.1, -0.05) is 26.8 Å². The lowest BCUT2D eigenvalue weighted by Crippen LogP contribution is -2.08. The van der Waals surface area contributed by atoms with Crippen LogP contribution in [0.1, 0.15) is 76.6 Å². The largest absolute Gasteiger partial charge is 0.478 e. The molecule has 2 rings (SSSR count). The molecule has 24 heavy (non-hydrogen) atoms. The van der Waals surface area contributed by atoms with Gasteiger partial charge in [-0.2, -0.15) is 0 Å². The highest BCUT2D eigenvalue weighted by atomic mass is 16.4. The summed E-state index contributed by atoms with van der Waals surface area (Å²) in [6, 6.07) is 7.83. The molecule has 3 heteroatoms. The van der Waals surface area contributed by atoms with E-state index in [0.717, 1.165) is 28.9 Å². The molecule has 128 valence electrons. The van der Waals surface area contributed by atoms with E-state index in [1.807, 2.05) is 32.0 Å². The fourth-order valence-corrected chi connectivity index (χ4v) is 3.39. The van der Waals surface area contributed by atoms with E-state index in [2.05, 4.69) is 38.7 Å². The number of aromatic nitrogens is 1. The number of rotatable bonds is 5. The number of nitrogens with zero attached hydrogens (tertiary/aromatic N) is 1. The molecule has 0 aliphatic heterocycles. The van der Waals surface area contributed by atoms with E-state index < -0.39 is 5.97 Å². The minimum Gasteiger partial charge on any atom is -0.478 e. The van der Waals surface area contributed by atoms with Gasteiger partial charge in [-0.25, -0.2) is 4.79 Å². The van der Waals surface area contributed by atoms with Crippen molar-refractivity contribution in [1.82, 2.24) is 4.98 Å². The maximum Gasteiger partial charge on any atom is 0.335 e. The van der Waals surface area contributed by atoms with Gasteiger partial charge < -0.3 is 5.11 Å². The van der Waals surface area contributed by atoms with Crippen LogP contribution in [0.25, 0.3) is 0 Å². The zero-order chi connectivity index (χ0) is 18.0. The van der Waals surface area contributed by atoms with Crippen LogP contribution in [-0.4, -0.2) is 16.1 Å². The van der Waals surface area contributed by atoms with E-state index in [-0.39, 0.29) is 0 Å². The predicted octanol–water partition coefficient (Wildman–Crippen LogP) is 5.17. The van der Waals surface area contributed by atoms with Crippen LogP contribution < -0.4 is 0 Å². The number of hydrogen-bond acceptors (Lipinski definition) is 2. The van der Waals surface area contributed by atoms with E-state index in [0.29, 0.717) is 17.4 Å². The van der Waals surface area contributed by atoms with E-state index in [1.54, 1.807) is 0 Å². The zero-order valence-corrected chi connectivity index (χ0v) is 15.5. The molecular formula is C21H27NO2. The lowest BCUT2D eigenvalue weighted by Gasteiger charge is -2.20. The second-order valence-electron chi connectivity index (χ2n) is 7.04. The first kappa shape index (κ1) is 18.2. The molecule has 0 aliphatic rings. The molecule has 0 aliphatic carbocycles. The Morgan fingerprint density at radius 1 is 1.08 bits per heavy atom. The van der Waals surface area contributed by atoms with Gasteiger partial charge in [0.25, 0.3) is 0 Å². The molecule has 2 aromatic rings. The number of pyridine rings is 1. The third-order valence-electron chi connectivity index (χ3n) is 4.75. The minimum absolute atomic E-state index is 0.292. The van der Waals surface area contributed by atoms with Gasteiger partial charge in [0, 0.05) is 11.4 Å². The van der Waals surface area contributed by atoms with Crippen LogP contribution in [0.2, 0.25) is 0 Å². The molecule has 0 saturated heterocycles. The number of hydrogen-bond donors (Lipinski definition) is 1. The lowest BCUT2D eigenvalue weighted by molar-refractivity contribution is 0.0696. The molecule has 1 aromatic heterocycles. The van der Waals surface area contributed by atoms with Crippen LogP contribution in [0.5, 0.6) is 0 Å². The molecule has 0 spiro atoms. The molecule has 1 aromatic carbocycles. The van der Waals surface area contributed by atoms with Crippen molar-refractivity contribution in [2.45, 2.75) is 59.8 Å². The average Bonchev–Trinajstić information content (AvgIpc) is 2.48. The quantitative estimate of drug-likeness (QED) is 0.824. The third kappa shape index (κ3) is 3.84. The van der Waals surface area contributed by atoms with Gasteiger partial charge in [0.15, 0.2) is 0 Å². The molecule has 1 heterocycles. The fraction of sp³-hybridized carbons (Fsp3) is 0.429. The smallest absolute Gasteiger partial charge is 0.335 e. The fourth-order valence-electron chi connectivity index (χ4n) is 3.39. The van der Waals surface area contributed by atoms with Gasteiger partial charge >= 0.3 is 5.97 Å². The summed E-state index contributed by atoms with van der Waals surface area (Å²) < 4.78 is 0. The standard InChI is InChI=1S/C21H27NO2/c1-12(2)20-11-18(21(23)24)10-17(15(20)5)9-13(3)19-8-7-14(4)22-16(19)6/h7-8,10-13H,9H2,1-6H3,(H,23,24). The summed E-state index contributed by atoms with van der Waals surface area (Å²) in [7, 11) is 0. The topological polar surface area (TPSA) is 50.2 Å². The summed E-state index contributed by atoms with van der Waals surface area (Å²) in [5.74, 6) is -0.263. The Morgan fingerprint density at radius 3 is 2.29 bits per heavy atom. The van der Waals surface area contributed by atoms with Gasteiger partial charge in [-0.05, 0) is 79.5 Å². The van der Waals surface area contributed by atoms with Gasteiger partial charge in [-0.3, -0.25) is 4.98 Å². The van der Waals surface area contributed by atoms with E-state index in [4.69, 9.17) is 0 Å². The molecule has 0 amide bonds. The Bertz CT molecular complexity index is 763. The summed E-state index contributed by atoms with van der Waals surface area (Å²) in [6.07, 6.45) is 0.818. The molecule has 1 N–H and O–H groups in total. The van der Waals surface area contributed by atoms with Crippen LogP contribution >= 0.6 is 0 Å². The van der Waals surface area contributed by atoms with Crippen molar-refractivity contribution < 1.29 is 9.90 Å². The number of carbonyl (C=O) groups is 1. The zero-order valence-electron chi connectivity index (χ0n) is 15.5. The second kappa shape index (κ2) is 7.16. The molecule has 1 unspecified atom stereocenters. The number of benzene rings is 1. The summed E-state index contributed by atoms with van der Waals surface area (Å²) in [6.45, 7) is 12.5. The van der Waals surface area contributed by atoms with E-state index >= 15 is 0 Å². The highest BCUT2D eigenvalue weighted by molar-refractivity contribution is 5.88. The summed E-state index contributed by atoms with van der Waals surface area (Å²) in [5.41, 5.74) is 7.13. The number of aromatic carboxylic acids is 1. The van der Waals surface area contributed by atoms with Crippen molar-refractivity contribution in [3.05, 3.63) is 63.5 Å². The molecule has 3 nitrogen and oxygen atoms in total. The van der Waals surface area contributed by atoms with Gasteiger partial charge in [-0.15, -0.1) is 0 Å². The van der Waals surface area contributed by atoms with Crippen LogP contribution in [0.15, 0.2) is 24.3 Å². The lowest BCUT2D eigenvalue weighted by atomic mass is 9.86. The second-order valence-corrected chi connectivity index (χ2v) is 7.04. The Hall–Kier alpha value is -2.16. The molecule has 0 saturated carbocycles. The highest BCUT2D eigenvalue weighted by Gasteiger charge is 2.17.